The molecule has 4 N–H and O–H groups in total. The molecule has 8 heteroatoms. The Morgan fingerprint density at radius 1 is 1.19 bits per heavy atom. The first-order valence-corrected chi connectivity index (χ1v) is 8.88. The number of benzene rings is 1. The zero-order valence-electron chi connectivity index (χ0n) is 15.0. The molecule has 8 nitrogen and oxygen atoms in total. The molecule has 0 spiro atoms. The predicted octanol–water partition coefficient (Wildman–Crippen LogP) is 0.758. The van der Waals surface area contributed by atoms with Gasteiger partial charge in [0.15, 0.2) is 0 Å². The quantitative estimate of drug-likeness (QED) is 0.510. The van der Waals surface area contributed by atoms with E-state index < -0.39 is 5.91 Å². The molecule has 0 bridgehead atoms. The summed E-state index contributed by atoms with van der Waals surface area (Å²) >= 11 is 0. The van der Waals surface area contributed by atoms with E-state index in [1.807, 2.05) is 24.3 Å². The minimum absolute atomic E-state index is 0.0238. The lowest BCUT2D eigenvalue weighted by Gasteiger charge is -2.35. The normalized spacial score (nSPS) is 16.4. The van der Waals surface area contributed by atoms with Crippen molar-refractivity contribution in [2.75, 3.05) is 37.6 Å². The summed E-state index contributed by atoms with van der Waals surface area (Å²) in [6, 6.07) is 10.1. The summed E-state index contributed by atoms with van der Waals surface area (Å²) < 4.78 is 0. The van der Waals surface area contributed by atoms with Crippen molar-refractivity contribution >= 4 is 17.9 Å². The number of anilines is 1. The van der Waals surface area contributed by atoms with E-state index in [2.05, 4.69) is 38.0 Å². The van der Waals surface area contributed by atoms with E-state index in [-0.39, 0.29) is 11.6 Å². The van der Waals surface area contributed by atoms with Crippen LogP contribution in [0.2, 0.25) is 0 Å². The van der Waals surface area contributed by atoms with Crippen LogP contribution >= 0.6 is 0 Å². The fourth-order valence-corrected chi connectivity index (χ4v) is 2.95. The van der Waals surface area contributed by atoms with E-state index in [0.29, 0.717) is 5.95 Å². The average molecular weight is 368 g/mol. The van der Waals surface area contributed by atoms with Crippen LogP contribution in [-0.2, 0) is 0 Å². The Morgan fingerprint density at radius 3 is 2.48 bits per heavy atom. The summed E-state index contributed by atoms with van der Waals surface area (Å²) in [6.45, 7) is 4.12. The van der Waals surface area contributed by atoms with Crippen molar-refractivity contribution in [2.24, 2.45) is 5.73 Å². The summed E-state index contributed by atoms with van der Waals surface area (Å²) in [5.74, 6) is -0.0404. The molecule has 1 aliphatic rings. The lowest BCUT2D eigenvalue weighted by Crippen LogP contribution is -2.50. The van der Waals surface area contributed by atoms with Crippen LogP contribution < -0.4 is 16.1 Å². The second-order valence-electron chi connectivity index (χ2n) is 6.43. The van der Waals surface area contributed by atoms with E-state index in [4.69, 9.17) is 10.9 Å². The summed E-state index contributed by atoms with van der Waals surface area (Å²) in [5.41, 5.74) is 9.16. The molecule has 3 rings (SSSR count). The van der Waals surface area contributed by atoms with Crippen molar-refractivity contribution < 1.29 is 10.0 Å². The van der Waals surface area contributed by atoms with Crippen molar-refractivity contribution in [3.05, 3.63) is 59.9 Å². The summed E-state index contributed by atoms with van der Waals surface area (Å²) in [5, 5.41) is 8.62. The van der Waals surface area contributed by atoms with Crippen LogP contribution in [0, 0.1) is 0 Å². The SMILES string of the molecule is NC(/C=C/c1ccccc1)CN1CCN(c2ncc(C(=O)NO)cn2)CC1. The van der Waals surface area contributed by atoms with Gasteiger partial charge in [-0.3, -0.25) is 14.9 Å². The number of piperazine rings is 1. The highest BCUT2D eigenvalue weighted by atomic mass is 16.5. The number of amides is 1. The van der Waals surface area contributed by atoms with Crippen LogP contribution in [0.5, 0.6) is 0 Å². The molecular formula is C19H24N6O2. The molecule has 1 aromatic heterocycles. The summed E-state index contributed by atoms with van der Waals surface area (Å²) in [7, 11) is 0. The second-order valence-corrected chi connectivity index (χ2v) is 6.43. The molecule has 142 valence electrons. The standard InChI is InChI=1S/C19H24N6O2/c20-17(7-6-15-4-2-1-3-5-15)14-24-8-10-25(11-9-24)19-21-12-16(13-22-19)18(26)23-27/h1-7,12-13,17,27H,8-11,14,20H2,(H,23,26)/b7-6+. The van der Waals surface area contributed by atoms with Gasteiger partial charge in [0.1, 0.15) is 0 Å². The Bertz CT molecular complexity index is 758. The average Bonchev–Trinajstić information content (AvgIpc) is 2.73. The van der Waals surface area contributed by atoms with Gasteiger partial charge in [0.2, 0.25) is 5.95 Å². The molecule has 1 amide bonds. The van der Waals surface area contributed by atoms with Crippen LogP contribution in [0.4, 0.5) is 5.95 Å². The lowest BCUT2D eigenvalue weighted by molar-refractivity contribution is 0.0705. The fourth-order valence-electron chi connectivity index (χ4n) is 2.95. The number of rotatable bonds is 6. The second kappa shape index (κ2) is 9.22. The van der Waals surface area contributed by atoms with Crippen LogP contribution in [0.3, 0.4) is 0 Å². The number of hydroxylamine groups is 1. The molecule has 1 fully saturated rings. The largest absolute Gasteiger partial charge is 0.338 e. The van der Waals surface area contributed by atoms with Crippen molar-refractivity contribution in [2.45, 2.75) is 6.04 Å². The monoisotopic (exact) mass is 368 g/mol. The lowest BCUT2D eigenvalue weighted by atomic mass is 10.1. The van der Waals surface area contributed by atoms with Gasteiger partial charge >= 0.3 is 0 Å². The number of aromatic nitrogens is 2. The molecule has 1 aromatic carbocycles. The Balaban J connectivity index is 1.47. The first kappa shape index (κ1) is 19.0. The third-order valence-corrected chi connectivity index (χ3v) is 4.46. The molecule has 1 aliphatic heterocycles. The van der Waals surface area contributed by atoms with E-state index in [1.165, 1.54) is 12.4 Å². The summed E-state index contributed by atoms with van der Waals surface area (Å²) in [6.07, 6.45) is 6.91. The van der Waals surface area contributed by atoms with Crippen molar-refractivity contribution in [1.29, 1.82) is 0 Å². The van der Waals surface area contributed by atoms with Crippen LogP contribution in [0.25, 0.3) is 6.08 Å². The van der Waals surface area contributed by atoms with Crippen LogP contribution in [0.1, 0.15) is 15.9 Å². The van der Waals surface area contributed by atoms with Crippen molar-refractivity contribution in [1.82, 2.24) is 20.3 Å². The van der Waals surface area contributed by atoms with Gasteiger partial charge in [-0.1, -0.05) is 42.5 Å². The van der Waals surface area contributed by atoms with Gasteiger partial charge < -0.3 is 10.6 Å². The van der Waals surface area contributed by atoms with E-state index in [9.17, 15) is 4.79 Å². The highest BCUT2D eigenvalue weighted by Gasteiger charge is 2.20. The topological polar surface area (TPSA) is 108 Å². The van der Waals surface area contributed by atoms with Gasteiger partial charge in [0, 0.05) is 51.2 Å². The number of hydrogen-bond acceptors (Lipinski definition) is 7. The minimum atomic E-state index is -0.621. The van der Waals surface area contributed by atoms with Gasteiger partial charge in [-0.05, 0) is 5.56 Å². The summed E-state index contributed by atoms with van der Waals surface area (Å²) in [4.78, 5) is 24.1. The highest BCUT2D eigenvalue weighted by Crippen LogP contribution is 2.11. The zero-order valence-corrected chi connectivity index (χ0v) is 15.0. The first-order chi connectivity index (χ1) is 13.2. The number of nitrogens with two attached hydrogens (primary N) is 1. The zero-order chi connectivity index (χ0) is 19.1. The van der Waals surface area contributed by atoms with Crippen LogP contribution in [0.15, 0.2) is 48.8 Å². The van der Waals surface area contributed by atoms with E-state index >= 15 is 0 Å². The van der Waals surface area contributed by atoms with Crippen molar-refractivity contribution in [3.8, 4) is 0 Å². The Kier molecular flexibility index (Phi) is 6.48. The molecule has 1 unspecified atom stereocenters. The third kappa shape index (κ3) is 5.33. The van der Waals surface area contributed by atoms with Gasteiger partial charge in [0.05, 0.1) is 5.56 Å². The molecule has 0 saturated carbocycles. The van der Waals surface area contributed by atoms with Crippen molar-refractivity contribution in [3.63, 3.8) is 0 Å². The third-order valence-electron chi connectivity index (χ3n) is 4.46. The minimum Gasteiger partial charge on any atom is -0.338 e. The number of carbonyl (C=O) groups excluding carboxylic acids is 1. The molecule has 0 aliphatic carbocycles. The Hall–Kier alpha value is -2.81. The smallest absolute Gasteiger partial charge is 0.277 e. The number of hydrogen-bond donors (Lipinski definition) is 3. The molecule has 1 saturated heterocycles. The van der Waals surface area contributed by atoms with Crippen LogP contribution in [-0.4, -0.2) is 64.7 Å². The number of carbonyl (C=O) groups is 1. The predicted molar refractivity (Wildman–Crippen MR) is 103 cm³/mol. The molecule has 2 aromatic rings. The molecule has 2 heterocycles. The maximum Gasteiger partial charge on any atom is 0.277 e. The number of nitrogens with one attached hydrogen (secondary N) is 1. The van der Waals surface area contributed by atoms with Gasteiger partial charge in [-0.25, -0.2) is 15.4 Å². The van der Waals surface area contributed by atoms with E-state index in [0.717, 1.165) is 38.3 Å². The van der Waals surface area contributed by atoms with Gasteiger partial charge in [-0.15, -0.1) is 0 Å². The fraction of sp³-hybridized carbons (Fsp3) is 0.316. The number of nitrogens with zero attached hydrogens (tertiary/aromatic N) is 4. The van der Waals surface area contributed by atoms with E-state index in [1.54, 1.807) is 5.48 Å². The maximum absolute atomic E-state index is 11.3. The Labute approximate surface area is 158 Å². The first-order valence-electron chi connectivity index (χ1n) is 8.88. The maximum atomic E-state index is 11.3. The molecule has 1 atom stereocenters. The Morgan fingerprint density at radius 2 is 1.85 bits per heavy atom. The molecule has 0 radical (unpaired) electrons. The molecule has 27 heavy (non-hydrogen) atoms. The van der Waals surface area contributed by atoms with Gasteiger partial charge in [0.25, 0.3) is 5.91 Å². The highest BCUT2D eigenvalue weighted by molar-refractivity contribution is 5.92. The van der Waals surface area contributed by atoms with Gasteiger partial charge in [-0.2, -0.15) is 0 Å². The molecular weight excluding hydrogens is 344 g/mol.